The first-order valence-corrected chi connectivity index (χ1v) is 7.20. The van der Waals surface area contributed by atoms with E-state index >= 15 is 0 Å². The monoisotopic (exact) mass is 247 g/mol. The Hall–Kier alpha value is -0.860. The summed E-state index contributed by atoms with van der Waals surface area (Å²) in [5, 5.41) is 13.9. The van der Waals surface area contributed by atoms with Crippen LogP contribution in [0.25, 0.3) is 0 Å². The maximum Gasteiger partial charge on any atom is 0.0942 e. The van der Waals surface area contributed by atoms with Crippen molar-refractivity contribution in [3.05, 3.63) is 35.4 Å². The third kappa shape index (κ3) is 3.33. The van der Waals surface area contributed by atoms with E-state index < -0.39 is 0 Å². The minimum absolute atomic E-state index is 0.220. The Kier molecular flexibility index (Phi) is 4.79. The zero-order chi connectivity index (χ0) is 13.0. The lowest BCUT2D eigenvalue weighted by atomic mass is 9.95. The molecule has 2 unspecified atom stereocenters. The molecule has 0 spiro atoms. The summed E-state index contributed by atoms with van der Waals surface area (Å²) in [6.45, 7) is 5.42. The van der Waals surface area contributed by atoms with Crippen LogP contribution in [0.15, 0.2) is 24.3 Å². The number of hydrogen-bond acceptors (Lipinski definition) is 2. The predicted molar refractivity (Wildman–Crippen MR) is 75.7 cm³/mol. The molecule has 1 aliphatic heterocycles. The van der Waals surface area contributed by atoms with Crippen molar-refractivity contribution < 1.29 is 5.11 Å². The van der Waals surface area contributed by atoms with Gasteiger partial charge in [0.05, 0.1) is 6.10 Å². The van der Waals surface area contributed by atoms with Crippen LogP contribution in [0.5, 0.6) is 0 Å². The molecule has 2 atom stereocenters. The Bertz CT molecular complexity index is 350. The highest BCUT2D eigenvalue weighted by atomic mass is 16.3. The van der Waals surface area contributed by atoms with Crippen LogP contribution in [0.2, 0.25) is 0 Å². The molecule has 1 aliphatic rings. The molecule has 0 saturated carbocycles. The first-order chi connectivity index (χ1) is 8.68. The maximum absolute atomic E-state index is 10.4. The van der Waals surface area contributed by atoms with Gasteiger partial charge in [-0.1, -0.05) is 51.0 Å². The van der Waals surface area contributed by atoms with Gasteiger partial charge in [-0.3, -0.25) is 0 Å². The average Bonchev–Trinajstić information content (AvgIpc) is 2.67. The van der Waals surface area contributed by atoms with Gasteiger partial charge in [-0.25, -0.2) is 0 Å². The summed E-state index contributed by atoms with van der Waals surface area (Å²) < 4.78 is 0. The standard InChI is InChI=1S/C16H25NO/c1-12(2)13-7-9-14(10-8-13)16(18)15-6-4-3-5-11-17-15/h7-10,12,15-18H,3-6,11H2,1-2H3. The molecule has 2 heteroatoms. The Morgan fingerprint density at radius 1 is 1.06 bits per heavy atom. The van der Waals surface area contributed by atoms with Gasteiger partial charge in [0.2, 0.25) is 0 Å². The smallest absolute Gasteiger partial charge is 0.0942 e. The summed E-state index contributed by atoms with van der Waals surface area (Å²) in [7, 11) is 0. The van der Waals surface area contributed by atoms with Crippen LogP contribution in [-0.2, 0) is 0 Å². The minimum Gasteiger partial charge on any atom is -0.387 e. The Morgan fingerprint density at radius 2 is 1.72 bits per heavy atom. The van der Waals surface area contributed by atoms with E-state index in [0.29, 0.717) is 5.92 Å². The molecule has 1 aromatic carbocycles. The summed E-state index contributed by atoms with van der Waals surface area (Å²) in [6, 6.07) is 8.65. The van der Waals surface area contributed by atoms with Crippen LogP contribution < -0.4 is 5.32 Å². The summed E-state index contributed by atoms with van der Waals surface area (Å²) in [5.41, 5.74) is 2.37. The highest BCUT2D eigenvalue weighted by molar-refractivity contribution is 5.26. The molecule has 0 bridgehead atoms. The van der Waals surface area contributed by atoms with Gasteiger partial charge in [0.15, 0.2) is 0 Å². The molecule has 2 rings (SSSR count). The third-order valence-electron chi connectivity index (χ3n) is 3.92. The zero-order valence-electron chi connectivity index (χ0n) is 11.5. The topological polar surface area (TPSA) is 32.3 Å². The number of nitrogens with one attached hydrogen (secondary N) is 1. The molecular formula is C16H25NO. The van der Waals surface area contributed by atoms with Gasteiger partial charge in [-0.05, 0) is 36.4 Å². The fourth-order valence-corrected chi connectivity index (χ4v) is 2.64. The van der Waals surface area contributed by atoms with Crippen molar-refractivity contribution in [2.45, 2.75) is 57.6 Å². The Morgan fingerprint density at radius 3 is 2.39 bits per heavy atom. The van der Waals surface area contributed by atoms with Crippen LogP contribution in [0.4, 0.5) is 0 Å². The lowest BCUT2D eigenvalue weighted by molar-refractivity contribution is 0.126. The molecule has 2 nitrogen and oxygen atoms in total. The molecule has 100 valence electrons. The van der Waals surface area contributed by atoms with E-state index in [1.807, 2.05) is 0 Å². The third-order valence-corrected chi connectivity index (χ3v) is 3.92. The fourth-order valence-electron chi connectivity index (χ4n) is 2.64. The second kappa shape index (κ2) is 6.35. The van der Waals surface area contributed by atoms with Gasteiger partial charge < -0.3 is 10.4 Å². The molecule has 0 radical (unpaired) electrons. The largest absolute Gasteiger partial charge is 0.387 e. The zero-order valence-corrected chi connectivity index (χ0v) is 11.5. The van der Waals surface area contributed by atoms with Gasteiger partial charge in [0.1, 0.15) is 0 Å². The van der Waals surface area contributed by atoms with E-state index in [9.17, 15) is 5.11 Å². The van der Waals surface area contributed by atoms with Gasteiger partial charge in [-0.15, -0.1) is 0 Å². The number of aliphatic hydroxyl groups is 1. The second-order valence-electron chi connectivity index (χ2n) is 5.68. The van der Waals surface area contributed by atoms with Gasteiger partial charge in [-0.2, -0.15) is 0 Å². The van der Waals surface area contributed by atoms with Crippen molar-refractivity contribution >= 4 is 0 Å². The first-order valence-electron chi connectivity index (χ1n) is 7.20. The van der Waals surface area contributed by atoms with Crippen molar-refractivity contribution in [3.63, 3.8) is 0 Å². The summed E-state index contributed by atoms with van der Waals surface area (Å²) in [4.78, 5) is 0. The van der Waals surface area contributed by atoms with Crippen molar-refractivity contribution in [1.29, 1.82) is 0 Å². The highest BCUT2D eigenvalue weighted by Crippen LogP contribution is 2.24. The first kappa shape index (κ1) is 13.6. The van der Waals surface area contributed by atoms with E-state index in [2.05, 4.69) is 43.4 Å². The number of benzene rings is 1. The molecule has 18 heavy (non-hydrogen) atoms. The Balaban J connectivity index is 2.05. The molecule has 1 saturated heterocycles. The quantitative estimate of drug-likeness (QED) is 0.858. The number of aliphatic hydroxyl groups excluding tert-OH is 1. The summed E-state index contributed by atoms with van der Waals surface area (Å²) in [6.07, 6.45) is 4.44. The molecular weight excluding hydrogens is 222 g/mol. The molecule has 2 N–H and O–H groups in total. The second-order valence-corrected chi connectivity index (χ2v) is 5.68. The van der Waals surface area contributed by atoms with Gasteiger partial charge >= 0.3 is 0 Å². The molecule has 1 aromatic rings. The lowest BCUT2D eigenvalue weighted by Crippen LogP contribution is -2.34. The SMILES string of the molecule is CC(C)c1ccc(C(O)C2CCCCCN2)cc1. The molecule has 0 aliphatic carbocycles. The fraction of sp³-hybridized carbons (Fsp3) is 0.625. The highest BCUT2D eigenvalue weighted by Gasteiger charge is 2.21. The van der Waals surface area contributed by atoms with Gasteiger partial charge in [0.25, 0.3) is 0 Å². The predicted octanol–water partition coefficient (Wildman–Crippen LogP) is 3.38. The van der Waals surface area contributed by atoms with Crippen LogP contribution >= 0.6 is 0 Å². The van der Waals surface area contributed by atoms with Crippen LogP contribution in [-0.4, -0.2) is 17.7 Å². The van der Waals surface area contributed by atoms with Crippen LogP contribution in [0, 0.1) is 0 Å². The van der Waals surface area contributed by atoms with Crippen LogP contribution in [0.1, 0.15) is 62.7 Å². The normalized spacial score (nSPS) is 22.8. The molecule has 1 heterocycles. The van der Waals surface area contributed by atoms with E-state index in [-0.39, 0.29) is 12.1 Å². The van der Waals surface area contributed by atoms with E-state index in [4.69, 9.17) is 0 Å². The van der Waals surface area contributed by atoms with Crippen molar-refractivity contribution in [1.82, 2.24) is 5.32 Å². The van der Waals surface area contributed by atoms with E-state index in [1.165, 1.54) is 24.8 Å². The molecule has 1 fully saturated rings. The van der Waals surface area contributed by atoms with Crippen molar-refractivity contribution in [3.8, 4) is 0 Å². The number of rotatable bonds is 3. The summed E-state index contributed by atoms with van der Waals surface area (Å²) >= 11 is 0. The van der Waals surface area contributed by atoms with E-state index in [1.54, 1.807) is 0 Å². The van der Waals surface area contributed by atoms with Crippen LogP contribution in [0.3, 0.4) is 0 Å². The minimum atomic E-state index is -0.371. The van der Waals surface area contributed by atoms with Crippen molar-refractivity contribution in [2.24, 2.45) is 0 Å². The lowest BCUT2D eigenvalue weighted by Gasteiger charge is -2.23. The summed E-state index contributed by atoms with van der Waals surface area (Å²) in [5.74, 6) is 0.548. The van der Waals surface area contributed by atoms with Gasteiger partial charge in [0, 0.05) is 6.04 Å². The molecule has 0 amide bonds. The number of hydrogen-bond donors (Lipinski definition) is 2. The maximum atomic E-state index is 10.4. The van der Waals surface area contributed by atoms with E-state index in [0.717, 1.165) is 18.5 Å². The molecule has 0 aromatic heterocycles. The van der Waals surface area contributed by atoms with Crippen molar-refractivity contribution in [2.75, 3.05) is 6.54 Å². The Labute approximate surface area is 110 Å². The average molecular weight is 247 g/mol.